The van der Waals surface area contributed by atoms with E-state index in [4.69, 9.17) is 11.6 Å². The lowest BCUT2D eigenvalue weighted by molar-refractivity contribution is 0.241. The van der Waals surface area contributed by atoms with Gasteiger partial charge < -0.3 is 4.90 Å². The number of piperazine rings is 1. The van der Waals surface area contributed by atoms with Gasteiger partial charge in [-0.05, 0) is 6.07 Å². The van der Waals surface area contributed by atoms with Gasteiger partial charge in [0.15, 0.2) is 0 Å². The molecule has 0 bridgehead atoms. The molecule has 1 fully saturated rings. The molecule has 116 valence electrons. The van der Waals surface area contributed by atoms with Crippen LogP contribution in [0.15, 0.2) is 35.5 Å². The van der Waals surface area contributed by atoms with E-state index in [0.29, 0.717) is 17.5 Å². The summed E-state index contributed by atoms with van der Waals surface area (Å²) in [5, 5.41) is 4.61. The summed E-state index contributed by atoms with van der Waals surface area (Å²) in [4.78, 5) is 24.5. The zero-order valence-corrected chi connectivity index (χ0v) is 12.9. The predicted molar refractivity (Wildman–Crippen MR) is 84.2 cm³/mol. The van der Waals surface area contributed by atoms with Gasteiger partial charge in [0.1, 0.15) is 0 Å². The van der Waals surface area contributed by atoms with Crippen molar-refractivity contribution in [1.29, 1.82) is 0 Å². The molecule has 0 atom stereocenters. The van der Waals surface area contributed by atoms with Crippen molar-refractivity contribution in [3.63, 3.8) is 0 Å². The van der Waals surface area contributed by atoms with Crippen molar-refractivity contribution in [3.05, 3.63) is 46.1 Å². The minimum atomic E-state index is -0.0595. The molecule has 1 aliphatic heterocycles. The van der Waals surface area contributed by atoms with Crippen LogP contribution in [0.5, 0.6) is 0 Å². The molecule has 2 aromatic rings. The minimum absolute atomic E-state index is 0.0595. The van der Waals surface area contributed by atoms with Crippen LogP contribution in [0.2, 0.25) is 5.02 Å². The molecule has 0 N–H and O–H groups in total. The van der Waals surface area contributed by atoms with E-state index in [0.717, 1.165) is 32.7 Å². The first-order valence-electron chi connectivity index (χ1n) is 7.19. The lowest BCUT2D eigenvalue weighted by Gasteiger charge is -2.34. The van der Waals surface area contributed by atoms with Gasteiger partial charge in [-0.2, -0.15) is 5.10 Å². The van der Waals surface area contributed by atoms with Crippen molar-refractivity contribution >= 4 is 17.5 Å². The fourth-order valence-corrected chi connectivity index (χ4v) is 2.53. The molecule has 0 radical (unpaired) electrons. The van der Waals surface area contributed by atoms with Gasteiger partial charge in [0.05, 0.1) is 24.0 Å². The largest absolute Gasteiger partial charge is 0.338 e. The second-order valence-electron chi connectivity index (χ2n) is 5.12. The van der Waals surface area contributed by atoms with Gasteiger partial charge in [0, 0.05) is 45.0 Å². The molecule has 0 aromatic carbocycles. The topological polar surface area (TPSA) is 67.2 Å². The van der Waals surface area contributed by atoms with Crippen molar-refractivity contribution in [1.82, 2.24) is 24.6 Å². The lowest BCUT2D eigenvalue weighted by atomic mass is 10.3. The lowest BCUT2D eigenvalue weighted by Crippen LogP contribution is -2.48. The van der Waals surface area contributed by atoms with Crippen LogP contribution in [0, 0.1) is 0 Å². The smallest absolute Gasteiger partial charge is 0.266 e. The molecule has 22 heavy (non-hydrogen) atoms. The Morgan fingerprint density at radius 3 is 2.50 bits per heavy atom. The molecule has 3 rings (SSSR count). The van der Waals surface area contributed by atoms with Crippen molar-refractivity contribution in [2.24, 2.45) is 0 Å². The normalized spacial score (nSPS) is 16.0. The van der Waals surface area contributed by atoms with E-state index in [-0.39, 0.29) is 5.56 Å². The quantitative estimate of drug-likeness (QED) is 0.817. The van der Waals surface area contributed by atoms with Gasteiger partial charge in [-0.3, -0.25) is 9.69 Å². The minimum Gasteiger partial charge on any atom is -0.338 e. The van der Waals surface area contributed by atoms with E-state index < -0.39 is 0 Å². The fraction of sp³-hybridized carbons (Fsp3) is 0.429. The summed E-state index contributed by atoms with van der Waals surface area (Å²) in [6.07, 6.45) is 4.87. The van der Waals surface area contributed by atoms with Gasteiger partial charge >= 0.3 is 0 Å². The summed E-state index contributed by atoms with van der Waals surface area (Å²) in [6, 6.07) is 3.19. The van der Waals surface area contributed by atoms with Crippen molar-refractivity contribution in [3.8, 4) is 0 Å². The summed E-state index contributed by atoms with van der Waals surface area (Å²) in [7, 11) is 0. The summed E-state index contributed by atoms with van der Waals surface area (Å²) in [5.74, 6) is 0.713. The van der Waals surface area contributed by atoms with Gasteiger partial charge in [-0.1, -0.05) is 11.6 Å². The highest BCUT2D eigenvalue weighted by Crippen LogP contribution is 2.12. The Labute approximate surface area is 133 Å². The van der Waals surface area contributed by atoms with Crippen molar-refractivity contribution in [2.45, 2.75) is 6.54 Å². The molecular weight excluding hydrogens is 304 g/mol. The molecule has 0 saturated carbocycles. The molecule has 1 saturated heterocycles. The van der Waals surface area contributed by atoms with Gasteiger partial charge in [0.2, 0.25) is 5.95 Å². The SMILES string of the molecule is O=c1cccnn1CCN1CCN(c2ncc(Cl)cn2)CC1. The van der Waals surface area contributed by atoms with Crippen LogP contribution in [0.3, 0.4) is 0 Å². The standard InChI is InChI=1S/C14H17ClN6O/c15-12-10-16-14(17-11-12)20-7-4-19(5-8-20)6-9-21-13(22)2-1-3-18-21/h1-3,10-11H,4-9H2. The molecular formula is C14H17ClN6O. The van der Waals surface area contributed by atoms with E-state index in [2.05, 4.69) is 24.9 Å². The zero-order chi connectivity index (χ0) is 15.4. The molecule has 3 heterocycles. The summed E-state index contributed by atoms with van der Waals surface area (Å²) in [5.41, 5.74) is -0.0595. The Balaban J connectivity index is 1.51. The molecule has 0 unspecified atom stereocenters. The maximum absolute atomic E-state index is 11.6. The van der Waals surface area contributed by atoms with Crippen LogP contribution in [0.4, 0.5) is 5.95 Å². The summed E-state index contributed by atoms with van der Waals surface area (Å²) >= 11 is 5.80. The van der Waals surface area contributed by atoms with Gasteiger partial charge in [-0.25, -0.2) is 14.6 Å². The van der Waals surface area contributed by atoms with E-state index in [1.807, 2.05) is 0 Å². The average Bonchev–Trinajstić information content (AvgIpc) is 2.55. The predicted octanol–water partition coefficient (Wildman–Crippen LogP) is 0.509. The molecule has 8 heteroatoms. The fourth-order valence-electron chi connectivity index (χ4n) is 2.43. The number of anilines is 1. The highest BCUT2D eigenvalue weighted by molar-refractivity contribution is 6.30. The van der Waals surface area contributed by atoms with Crippen LogP contribution in [0.1, 0.15) is 0 Å². The monoisotopic (exact) mass is 320 g/mol. The Morgan fingerprint density at radius 1 is 1.09 bits per heavy atom. The maximum atomic E-state index is 11.6. The number of nitrogens with zero attached hydrogens (tertiary/aromatic N) is 6. The zero-order valence-electron chi connectivity index (χ0n) is 12.1. The number of rotatable bonds is 4. The first-order chi connectivity index (χ1) is 10.7. The third-order valence-corrected chi connectivity index (χ3v) is 3.87. The second kappa shape index (κ2) is 6.85. The first-order valence-corrected chi connectivity index (χ1v) is 7.57. The highest BCUT2D eigenvalue weighted by atomic mass is 35.5. The van der Waals surface area contributed by atoms with Crippen molar-refractivity contribution < 1.29 is 0 Å². The molecule has 0 aliphatic carbocycles. The molecule has 7 nitrogen and oxygen atoms in total. The highest BCUT2D eigenvalue weighted by Gasteiger charge is 2.18. The summed E-state index contributed by atoms with van der Waals surface area (Å²) in [6.45, 7) is 4.96. The average molecular weight is 321 g/mol. The van der Waals surface area contributed by atoms with Gasteiger partial charge in [0.25, 0.3) is 5.56 Å². The van der Waals surface area contributed by atoms with Crippen LogP contribution in [0.25, 0.3) is 0 Å². The molecule has 2 aromatic heterocycles. The third kappa shape index (κ3) is 3.61. The Kier molecular flexibility index (Phi) is 4.65. The first kappa shape index (κ1) is 14.9. The second-order valence-corrected chi connectivity index (χ2v) is 5.55. The Hall–Kier alpha value is -1.99. The molecule has 0 amide bonds. The maximum Gasteiger partial charge on any atom is 0.266 e. The Bertz CT molecular complexity index is 666. The van der Waals surface area contributed by atoms with Crippen LogP contribution < -0.4 is 10.5 Å². The number of halogens is 1. The van der Waals surface area contributed by atoms with Crippen molar-refractivity contribution in [2.75, 3.05) is 37.6 Å². The number of hydrogen-bond acceptors (Lipinski definition) is 6. The van der Waals surface area contributed by atoms with Crippen LogP contribution in [-0.2, 0) is 6.54 Å². The van der Waals surface area contributed by atoms with Crippen LogP contribution in [-0.4, -0.2) is 57.4 Å². The van der Waals surface area contributed by atoms with E-state index in [1.54, 1.807) is 24.7 Å². The van der Waals surface area contributed by atoms with Gasteiger partial charge in [-0.15, -0.1) is 0 Å². The summed E-state index contributed by atoms with van der Waals surface area (Å²) < 4.78 is 1.49. The number of aromatic nitrogens is 4. The van der Waals surface area contributed by atoms with Crippen LogP contribution >= 0.6 is 11.6 Å². The Morgan fingerprint density at radius 2 is 1.82 bits per heavy atom. The van der Waals surface area contributed by atoms with E-state index in [1.165, 1.54) is 10.7 Å². The third-order valence-electron chi connectivity index (χ3n) is 3.68. The number of hydrogen-bond donors (Lipinski definition) is 0. The molecule has 0 spiro atoms. The molecule has 1 aliphatic rings. The van der Waals surface area contributed by atoms with E-state index in [9.17, 15) is 4.79 Å². The van der Waals surface area contributed by atoms with E-state index >= 15 is 0 Å².